The zero-order valence-electron chi connectivity index (χ0n) is 21.1. The molecule has 4 heterocycles. The molecule has 0 saturated carbocycles. The first-order valence-electron chi connectivity index (χ1n) is 13.2. The molecule has 9 heteroatoms. The van der Waals surface area contributed by atoms with E-state index in [-0.39, 0.29) is 17.3 Å². The van der Waals surface area contributed by atoms with Gasteiger partial charge in [0.1, 0.15) is 29.0 Å². The van der Waals surface area contributed by atoms with Crippen LogP contribution in [0.5, 0.6) is 0 Å². The highest BCUT2D eigenvalue weighted by molar-refractivity contribution is 5.90. The molecule has 0 radical (unpaired) electrons. The Bertz CT molecular complexity index is 1530. The van der Waals surface area contributed by atoms with Gasteiger partial charge in [0.25, 0.3) is 0 Å². The summed E-state index contributed by atoms with van der Waals surface area (Å²) >= 11 is 0. The molecule has 4 aromatic rings. The van der Waals surface area contributed by atoms with Crippen LogP contribution in [0.3, 0.4) is 0 Å². The molecule has 2 aromatic heterocycles. The van der Waals surface area contributed by atoms with Gasteiger partial charge in [0.05, 0.1) is 16.9 Å². The minimum Gasteiger partial charge on any atom is -0.371 e. The molecule has 2 saturated heterocycles. The quantitative estimate of drug-likeness (QED) is 0.406. The summed E-state index contributed by atoms with van der Waals surface area (Å²) in [6.07, 6.45) is 7.00. The largest absolute Gasteiger partial charge is 0.371 e. The van der Waals surface area contributed by atoms with E-state index in [0.717, 1.165) is 56.7 Å². The lowest BCUT2D eigenvalue weighted by atomic mass is 10.1. The van der Waals surface area contributed by atoms with Gasteiger partial charge >= 0.3 is 0 Å². The van der Waals surface area contributed by atoms with E-state index in [4.69, 9.17) is 10.7 Å². The number of hydrogen-bond acceptors (Lipinski definition) is 6. The normalized spacial score (nSPS) is 18.1. The van der Waals surface area contributed by atoms with Gasteiger partial charge < -0.3 is 15.5 Å². The summed E-state index contributed by atoms with van der Waals surface area (Å²) in [5.74, 6) is -0.705. The number of hydrogen-bond donors (Lipinski definition) is 1. The van der Waals surface area contributed by atoms with Crippen LogP contribution in [0.1, 0.15) is 37.7 Å². The van der Waals surface area contributed by atoms with Crippen molar-refractivity contribution in [1.82, 2.24) is 14.5 Å². The number of nitrogens with two attached hydrogens (primary N) is 1. The Morgan fingerprint density at radius 3 is 2.45 bits per heavy atom. The first-order valence-corrected chi connectivity index (χ1v) is 13.2. The minimum atomic E-state index is -0.653. The second-order valence-electron chi connectivity index (χ2n) is 10.1. The van der Waals surface area contributed by atoms with Crippen molar-refractivity contribution >= 4 is 22.5 Å². The molecular formula is C29H29F2N7. The van der Waals surface area contributed by atoms with E-state index in [0.29, 0.717) is 29.1 Å². The number of benzene rings is 2. The average Bonchev–Trinajstić information content (AvgIpc) is 3.33. The predicted molar refractivity (Wildman–Crippen MR) is 144 cm³/mol. The number of nitrogens with zero attached hydrogens (tertiary/aromatic N) is 6. The summed E-state index contributed by atoms with van der Waals surface area (Å²) in [6, 6.07) is 13.4. The van der Waals surface area contributed by atoms with Crippen LogP contribution in [0.25, 0.3) is 28.2 Å². The number of fused-ring (bicyclic) bond motifs is 1. The standard InChI is InChI=1S/C29H29F2N7/c30-23-15-19(6-7-20(23)17-32)28-35-27-26(37-14-4-5-21(33)18-37)10-11-34-29(27)38(28)25-9-8-22(16-24(25)31)36-12-2-1-3-13-36/h6-11,15-16,21H,1-5,12-14,18,33H2. The number of halogens is 2. The van der Waals surface area contributed by atoms with Gasteiger partial charge in [0.2, 0.25) is 0 Å². The summed E-state index contributed by atoms with van der Waals surface area (Å²) in [6.45, 7) is 3.34. The van der Waals surface area contributed by atoms with Gasteiger partial charge in [0.15, 0.2) is 5.65 Å². The molecule has 6 rings (SSSR count). The van der Waals surface area contributed by atoms with Gasteiger partial charge in [-0.25, -0.2) is 18.7 Å². The molecule has 2 fully saturated rings. The van der Waals surface area contributed by atoms with Crippen LogP contribution in [0.2, 0.25) is 0 Å². The lowest BCUT2D eigenvalue weighted by Gasteiger charge is -2.32. The van der Waals surface area contributed by atoms with Crippen molar-refractivity contribution in [1.29, 1.82) is 5.26 Å². The van der Waals surface area contributed by atoms with Crippen molar-refractivity contribution in [3.63, 3.8) is 0 Å². The number of piperidine rings is 2. The highest BCUT2D eigenvalue weighted by atomic mass is 19.1. The topological polar surface area (TPSA) is 87.0 Å². The predicted octanol–water partition coefficient (Wildman–Crippen LogP) is 5.16. The number of nitriles is 1. The van der Waals surface area contributed by atoms with Crippen molar-refractivity contribution < 1.29 is 8.78 Å². The fourth-order valence-corrected chi connectivity index (χ4v) is 5.64. The molecule has 2 aliphatic heterocycles. The SMILES string of the molecule is N#Cc1ccc(-c2nc3c(N4CCCC(N)C4)ccnc3n2-c2ccc(N3CCCCC3)cc2F)cc1F. The highest BCUT2D eigenvalue weighted by Crippen LogP contribution is 2.35. The monoisotopic (exact) mass is 513 g/mol. The van der Waals surface area contributed by atoms with Crippen LogP contribution in [-0.2, 0) is 0 Å². The average molecular weight is 514 g/mol. The number of aromatic nitrogens is 3. The van der Waals surface area contributed by atoms with Crippen LogP contribution in [-0.4, -0.2) is 46.8 Å². The Labute approximate surface area is 220 Å². The highest BCUT2D eigenvalue weighted by Gasteiger charge is 2.25. The van der Waals surface area contributed by atoms with E-state index >= 15 is 4.39 Å². The third kappa shape index (κ3) is 4.35. The molecular weight excluding hydrogens is 484 g/mol. The second-order valence-corrected chi connectivity index (χ2v) is 10.1. The molecule has 7 nitrogen and oxygen atoms in total. The molecule has 2 N–H and O–H groups in total. The zero-order chi connectivity index (χ0) is 26.2. The molecule has 0 amide bonds. The van der Waals surface area contributed by atoms with Crippen molar-refractivity contribution in [2.75, 3.05) is 36.0 Å². The summed E-state index contributed by atoms with van der Waals surface area (Å²) in [5.41, 5.74) is 9.70. The maximum Gasteiger partial charge on any atom is 0.167 e. The van der Waals surface area contributed by atoms with E-state index in [9.17, 15) is 9.65 Å². The van der Waals surface area contributed by atoms with Crippen molar-refractivity contribution in [3.8, 4) is 23.1 Å². The van der Waals surface area contributed by atoms with Crippen LogP contribution in [0.4, 0.5) is 20.2 Å². The maximum atomic E-state index is 15.8. The van der Waals surface area contributed by atoms with Gasteiger partial charge in [0, 0.05) is 49.7 Å². The van der Waals surface area contributed by atoms with E-state index in [2.05, 4.69) is 14.8 Å². The van der Waals surface area contributed by atoms with E-state index in [1.54, 1.807) is 29.0 Å². The fraction of sp³-hybridized carbons (Fsp3) is 0.345. The smallest absolute Gasteiger partial charge is 0.167 e. The van der Waals surface area contributed by atoms with Gasteiger partial charge in [-0.2, -0.15) is 5.26 Å². The van der Waals surface area contributed by atoms with Crippen LogP contribution in [0, 0.1) is 23.0 Å². The Morgan fingerprint density at radius 2 is 1.71 bits per heavy atom. The number of pyridine rings is 1. The molecule has 2 aromatic carbocycles. The van der Waals surface area contributed by atoms with Crippen LogP contribution in [0.15, 0.2) is 48.7 Å². The van der Waals surface area contributed by atoms with Gasteiger partial charge in [-0.1, -0.05) is 0 Å². The van der Waals surface area contributed by atoms with E-state index in [1.165, 1.54) is 18.6 Å². The Morgan fingerprint density at radius 1 is 0.895 bits per heavy atom. The lowest BCUT2D eigenvalue weighted by molar-refractivity contribution is 0.507. The molecule has 2 aliphatic rings. The van der Waals surface area contributed by atoms with Gasteiger partial charge in [-0.15, -0.1) is 0 Å². The summed E-state index contributed by atoms with van der Waals surface area (Å²) in [7, 11) is 0. The van der Waals surface area contributed by atoms with Crippen molar-refractivity contribution in [2.45, 2.75) is 38.1 Å². The molecule has 194 valence electrons. The Balaban J connectivity index is 1.54. The number of rotatable bonds is 4. The number of imidazole rings is 1. The summed E-state index contributed by atoms with van der Waals surface area (Å²) in [5, 5.41) is 9.21. The molecule has 0 spiro atoms. The molecule has 38 heavy (non-hydrogen) atoms. The molecule has 1 unspecified atom stereocenters. The summed E-state index contributed by atoms with van der Waals surface area (Å²) < 4.78 is 32.2. The first kappa shape index (κ1) is 24.3. The minimum absolute atomic E-state index is 0.0564. The molecule has 1 atom stereocenters. The third-order valence-corrected chi connectivity index (χ3v) is 7.56. The third-order valence-electron chi connectivity index (χ3n) is 7.56. The van der Waals surface area contributed by atoms with Crippen molar-refractivity contribution in [2.24, 2.45) is 5.73 Å². The molecule has 0 bridgehead atoms. The van der Waals surface area contributed by atoms with Crippen LogP contribution < -0.4 is 15.5 Å². The zero-order valence-corrected chi connectivity index (χ0v) is 21.1. The fourth-order valence-electron chi connectivity index (χ4n) is 5.64. The maximum absolute atomic E-state index is 15.8. The van der Waals surface area contributed by atoms with E-state index < -0.39 is 11.6 Å². The summed E-state index contributed by atoms with van der Waals surface area (Å²) in [4.78, 5) is 13.9. The van der Waals surface area contributed by atoms with Crippen molar-refractivity contribution in [3.05, 3.63) is 65.9 Å². The van der Waals surface area contributed by atoms with Gasteiger partial charge in [-0.05, 0) is 74.6 Å². The molecule has 0 aliphatic carbocycles. The second kappa shape index (κ2) is 10.0. The Kier molecular flexibility index (Phi) is 6.42. The lowest BCUT2D eigenvalue weighted by Crippen LogP contribution is -2.42. The Hall–Kier alpha value is -4.03. The van der Waals surface area contributed by atoms with E-state index in [1.807, 2.05) is 18.2 Å². The first-order chi connectivity index (χ1) is 18.5. The van der Waals surface area contributed by atoms with Crippen LogP contribution >= 0.6 is 0 Å². The van der Waals surface area contributed by atoms with Gasteiger partial charge in [-0.3, -0.25) is 4.57 Å². The number of anilines is 2.